The van der Waals surface area contributed by atoms with Crippen LogP contribution in [0, 0.1) is 12.3 Å². The Balaban J connectivity index is 1.48. The topological polar surface area (TPSA) is 86.3 Å². The molecule has 0 atom stereocenters. The highest BCUT2D eigenvalue weighted by Crippen LogP contribution is 2.40. The van der Waals surface area contributed by atoms with Crippen LogP contribution in [-0.4, -0.2) is 51.5 Å². The van der Waals surface area contributed by atoms with Crippen LogP contribution in [-0.2, 0) is 0 Å². The summed E-state index contributed by atoms with van der Waals surface area (Å²) in [5.74, 6) is 3.68. The molecule has 2 aliphatic rings. The third kappa shape index (κ3) is 4.08. The first-order valence-electron chi connectivity index (χ1n) is 10.9. The number of hydrogen-bond donors (Lipinski definition) is 2. The Morgan fingerprint density at radius 3 is 2.67 bits per heavy atom. The van der Waals surface area contributed by atoms with E-state index in [1.165, 1.54) is 0 Å². The third-order valence-corrected chi connectivity index (χ3v) is 6.96. The van der Waals surface area contributed by atoms with Crippen LogP contribution in [0.25, 0.3) is 11.0 Å². The van der Waals surface area contributed by atoms with Crippen LogP contribution in [0.15, 0.2) is 41.4 Å². The molecule has 1 saturated heterocycles. The second kappa shape index (κ2) is 8.54. The maximum atomic E-state index is 12.7. The summed E-state index contributed by atoms with van der Waals surface area (Å²) < 4.78 is 2.04. The number of amides is 2. The first-order valence-corrected chi connectivity index (χ1v) is 11.7. The number of aromatic nitrogens is 3. The monoisotopic (exact) mass is 459 g/mol. The molecule has 3 aromatic rings. The number of urea groups is 1. The number of fused-ring (bicyclic) bond motifs is 1. The van der Waals surface area contributed by atoms with E-state index in [1.54, 1.807) is 29.1 Å². The van der Waals surface area contributed by atoms with Crippen molar-refractivity contribution in [1.82, 2.24) is 24.6 Å². The average Bonchev–Trinajstić information content (AvgIpc) is 3.40. The highest BCUT2D eigenvalue weighted by atomic mass is 32.2. The summed E-state index contributed by atoms with van der Waals surface area (Å²) in [6.45, 7) is 0.635. The summed E-state index contributed by atoms with van der Waals surface area (Å²) in [7, 11) is 4.01. The normalized spacial score (nSPS) is 17.0. The van der Waals surface area contributed by atoms with E-state index >= 15 is 0 Å². The Bertz CT molecular complexity index is 1250. The van der Waals surface area contributed by atoms with E-state index in [2.05, 4.69) is 26.5 Å². The van der Waals surface area contributed by atoms with Crippen LogP contribution in [0.2, 0.25) is 0 Å². The highest BCUT2D eigenvalue weighted by molar-refractivity contribution is 7.97. The second-order valence-electron chi connectivity index (χ2n) is 8.58. The molecule has 2 N–H and O–H groups in total. The molecule has 2 fully saturated rings. The van der Waals surface area contributed by atoms with Crippen LogP contribution in [0.1, 0.15) is 31.2 Å². The average molecular weight is 460 g/mol. The fraction of sp³-hybridized carbons (Fsp3) is 0.333. The molecule has 0 radical (unpaired) electrons. The summed E-state index contributed by atoms with van der Waals surface area (Å²) in [5.41, 5.74) is 1.73. The molecule has 0 bridgehead atoms. The molecule has 3 heterocycles. The van der Waals surface area contributed by atoms with Crippen LogP contribution < -0.4 is 15.5 Å². The molecule has 2 amide bonds. The van der Waals surface area contributed by atoms with Gasteiger partial charge in [-0.3, -0.25) is 9.21 Å². The molecule has 2 aromatic heterocycles. The number of carbonyl (C=O) groups is 1. The fourth-order valence-electron chi connectivity index (χ4n) is 4.62. The van der Waals surface area contributed by atoms with E-state index in [4.69, 9.17) is 11.4 Å². The van der Waals surface area contributed by atoms with Crippen molar-refractivity contribution in [2.75, 3.05) is 30.9 Å². The van der Waals surface area contributed by atoms with Gasteiger partial charge in [0, 0.05) is 28.9 Å². The van der Waals surface area contributed by atoms with Gasteiger partial charge in [-0.05, 0) is 69.2 Å². The number of hydrogen-bond acceptors (Lipinski definition) is 7. The van der Waals surface area contributed by atoms with Crippen molar-refractivity contribution in [3.63, 3.8) is 0 Å². The predicted molar refractivity (Wildman–Crippen MR) is 132 cm³/mol. The van der Waals surface area contributed by atoms with Crippen molar-refractivity contribution in [2.45, 2.75) is 36.1 Å². The minimum Gasteiger partial charge on any atom is -0.335 e. The second-order valence-corrected chi connectivity index (χ2v) is 9.97. The number of terminal acetylenes is 1. The van der Waals surface area contributed by atoms with E-state index in [9.17, 15) is 4.79 Å². The van der Waals surface area contributed by atoms with Gasteiger partial charge < -0.3 is 10.6 Å². The summed E-state index contributed by atoms with van der Waals surface area (Å²) in [6, 6.07) is 9.70. The van der Waals surface area contributed by atoms with E-state index in [-0.39, 0.29) is 11.6 Å². The largest absolute Gasteiger partial charge is 0.335 e. The van der Waals surface area contributed by atoms with E-state index in [0.29, 0.717) is 34.9 Å². The molecule has 1 aliphatic heterocycles. The number of rotatable bonds is 5. The molecule has 1 saturated carbocycles. The van der Waals surface area contributed by atoms with Crippen molar-refractivity contribution >= 4 is 46.5 Å². The maximum absolute atomic E-state index is 12.7. The van der Waals surface area contributed by atoms with Gasteiger partial charge in [-0.25, -0.2) is 14.8 Å². The zero-order valence-electron chi connectivity index (χ0n) is 18.6. The molecule has 1 aromatic carbocycles. The van der Waals surface area contributed by atoms with E-state index in [1.807, 2.05) is 42.7 Å². The lowest BCUT2D eigenvalue weighted by molar-refractivity contribution is 0.250. The molecule has 33 heavy (non-hydrogen) atoms. The van der Waals surface area contributed by atoms with Crippen LogP contribution >= 0.6 is 11.9 Å². The van der Waals surface area contributed by atoms with Gasteiger partial charge in [0.2, 0.25) is 5.95 Å². The zero-order chi connectivity index (χ0) is 23.0. The standard InChI is InChI=1S/C24H25N7OS/c1-4-16-13-20(31-23(32)26-15-24(31)11-5-6-12-24)28-21-19(16)14-25-22(29-21)27-17-7-9-18(10-8-17)33-30(2)3/h1,7-10,13-14H,5-6,11-12,15H2,2-3H3,(H,26,32)(H,25,27,28,29). The Hall–Kier alpha value is -3.35. The van der Waals surface area contributed by atoms with Gasteiger partial charge in [-0.2, -0.15) is 4.98 Å². The fourth-order valence-corrected chi connectivity index (χ4v) is 5.30. The number of nitrogens with zero attached hydrogens (tertiary/aromatic N) is 5. The summed E-state index contributed by atoms with van der Waals surface area (Å²) in [5, 5.41) is 6.91. The van der Waals surface area contributed by atoms with E-state index < -0.39 is 0 Å². The smallest absolute Gasteiger partial charge is 0.323 e. The molecule has 8 nitrogen and oxygen atoms in total. The molecule has 5 rings (SSSR count). The quantitative estimate of drug-likeness (QED) is 0.438. The molecule has 168 valence electrons. The number of benzene rings is 1. The van der Waals surface area contributed by atoms with Crippen molar-refractivity contribution in [2.24, 2.45) is 0 Å². The van der Waals surface area contributed by atoms with Crippen molar-refractivity contribution in [1.29, 1.82) is 0 Å². The maximum Gasteiger partial charge on any atom is 0.323 e. The van der Waals surface area contributed by atoms with Gasteiger partial charge in [-0.1, -0.05) is 18.8 Å². The Morgan fingerprint density at radius 2 is 1.97 bits per heavy atom. The SMILES string of the molecule is C#Cc1cc(N2C(=O)NCC23CCCC3)nc2nc(Nc3ccc(SN(C)C)cc3)ncc12. The highest BCUT2D eigenvalue weighted by Gasteiger charge is 2.48. The Kier molecular flexibility index (Phi) is 5.56. The lowest BCUT2D eigenvalue weighted by Crippen LogP contribution is -2.45. The number of pyridine rings is 1. The van der Waals surface area contributed by atoms with Gasteiger partial charge in [0.15, 0.2) is 5.65 Å². The minimum atomic E-state index is -0.232. The van der Waals surface area contributed by atoms with Gasteiger partial charge in [-0.15, -0.1) is 6.42 Å². The molecule has 9 heteroatoms. The molecule has 1 aliphatic carbocycles. The van der Waals surface area contributed by atoms with Crippen LogP contribution in [0.5, 0.6) is 0 Å². The van der Waals surface area contributed by atoms with E-state index in [0.717, 1.165) is 36.3 Å². The number of anilines is 3. The molecule has 1 spiro atoms. The first-order chi connectivity index (χ1) is 16.0. The minimum absolute atomic E-state index is 0.130. The lowest BCUT2D eigenvalue weighted by atomic mass is 9.97. The van der Waals surface area contributed by atoms with Gasteiger partial charge in [0.05, 0.1) is 10.9 Å². The summed E-state index contributed by atoms with van der Waals surface area (Å²) in [4.78, 5) is 29.5. The van der Waals surface area contributed by atoms with Gasteiger partial charge in [0.25, 0.3) is 0 Å². The molecule has 0 unspecified atom stereocenters. The lowest BCUT2D eigenvalue weighted by Gasteiger charge is -2.32. The van der Waals surface area contributed by atoms with Crippen molar-refractivity contribution in [3.8, 4) is 12.3 Å². The Labute approximate surface area is 197 Å². The predicted octanol–water partition coefficient (Wildman–Crippen LogP) is 4.16. The first kappa shape index (κ1) is 21.5. The van der Waals surface area contributed by atoms with Gasteiger partial charge in [0.1, 0.15) is 5.82 Å². The van der Waals surface area contributed by atoms with Crippen molar-refractivity contribution in [3.05, 3.63) is 42.1 Å². The zero-order valence-corrected chi connectivity index (χ0v) is 19.4. The molecular weight excluding hydrogens is 434 g/mol. The van der Waals surface area contributed by atoms with Crippen LogP contribution in [0.4, 0.5) is 22.2 Å². The summed E-state index contributed by atoms with van der Waals surface area (Å²) in [6.07, 6.45) is 11.6. The summed E-state index contributed by atoms with van der Waals surface area (Å²) >= 11 is 1.65. The number of nitrogens with one attached hydrogen (secondary N) is 2. The van der Waals surface area contributed by atoms with Crippen LogP contribution in [0.3, 0.4) is 0 Å². The molecular formula is C24H25N7OS. The third-order valence-electron chi connectivity index (χ3n) is 6.12. The van der Waals surface area contributed by atoms with Crippen molar-refractivity contribution < 1.29 is 4.79 Å². The number of carbonyl (C=O) groups excluding carboxylic acids is 1. The van der Waals surface area contributed by atoms with Gasteiger partial charge >= 0.3 is 6.03 Å². The Morgan fingerprint density at radius 1 is 1.21 bits per heavy atom.